The van der Waals surface area contributed by atoms with Gasteiger partial charge in [-0.25, -0.2) is 0 Å². The molecule has 8 heteroatoms. The molecule has 0 bridgehead atoms. The summed E-state index contributed by atoms with van der Waals surface area (Å²) in [6.07, 6.45) is 0. The van der Waals surface area contributed by atoms with Crippen LogP contribution in [0.25, 0.3) is 0 Å². The predicted molar refractivity (Wildman–Crippen MR) is 129 cm³/mol. The molecule has 0 aliphatic carbocycles. The van der Waals surface area contributed by atoms with E-state index in [4.69, 9.17) is 55.9 Å². The van der Waals surface area contributed by atoms with Crippen LogP contribution in [0.1, 0.15) is 52.7 Å². The molecule has 172 valence electrons. The summed E-state index contributed by atoms with van der Waals surface area (Å²) in [5.41, 5.74) is -0.565. The average Bonchev–Trinajstić information content (AvgIpc) is 2.67. The molecule has 2 aromatic rings. The summed E-state index contributed by atoms with van der Waals surface area (Å²) < 4.78 is 11.6. The Hall–Kier alpha value is -0.880. The SMILES string of the molecule is CC(C)(CO)Oc1c(Cl)cc(C(C)(C)c2cc(Cl)c(OC(C)(C)CO)c(Cl)c2)cc1Cl. The molecule has 0 aliphatic heterocycles. The molecule has 0 aromatic heterocycles. The second-order valence-electron chi connectivity index (χ2n) is 9.20. The van der Waals surface area contributed by atoms with Crippen molar-refractivity contribution in [3.05, 3.63) is 55.5 Å². The van der Waals surface area contributed by atoms with Gasteiger partial charge in [0.25, 0.3) is 0 Å². The maximum Gasteiger partial charge on any atom is 0.157 e. The van der Waals surface area contributed by atoms with E-state index in [-0.39, 0.29) is 13.2 Å². The topological polar surface area (TPSA) is 58.9 Å². The Morgan fingerprint density at radius 3 is 1.10 bits per heavy atom. The lowest BCUT2D eigenvalue weighted by Crippen LogP contribution is -2.33. The van der Waals surface area contributed by atoms with Crippen molar-refractivity contribution in [2.45, 2.75) is 58.2 Å². The Morgan fingerprint density at radius 1 is 0.613 bits per heavy atom. The summed E-state index contributed by atoms with van der Waals surface area (Å²) in [5.74, 6) is 0.626. The molecule has 2 aromatic carbocycles. The molecular formula is C23H28Cl4O4. The average molecular weight is 510 g/mol. The Kier molecular flexibility index (Phi) is 8.12. The van der Waals surface area contributed by atoms with Crippen molar-refractivity contribution in [3.8, 4) is 11.5 Å². The first kappa shape index (κ1) is 26.4. The molecule has 0 spiro atoms. The molecule has 0 radical (unpaired) electrons. The Balaban J connectivity index is 2.48. The smallest absolute Gasteiger partial charge is 0.157 e. The van der Waals surface area contributed by atoms with Crippen LogP contribution in [0.2, 0.25) is 20.1 Å². The second-order valence-corrected chi connectivity index (χ2v) is 10.8. The third kappa shape index (κ3) is 6.13. The Morgan fingerprint density at radius 2 is 0.871 bits per heavy atom. The van der Waals surface area contributed by atoms with Gasteiger partial charge in [0.1, 0.15) is 11.2 Å². The van der Waals surface area contributed by atoms with Crippen LogP contribution in [0.3, 0.4) is 0 Å². The van der Waals surface area contributed by atoms with E-state index in [2.05, 4.69) is 0 Å². The lowest BCUT2D eigenvalue weighted by molar-refractivity contribution is 0.0413. The number of benzene rings is 2. The number of hydrogen-bond acceptors (Lipinski definition) is 4. The first-order chi connectivity index (χ1) is 14.1. The van der Waals surface area contributed by atoms with Gasteiger partial charge in [-0.1, -0.05) is 60.3 Å². The van der Waals surface area contributed by atoms with Crippen LogP contribution < -0.4 is 9.47 Å². The van der Waals surface area contributed by atoms with Crippen LogP contribution >= 0.6 is 46.4 Å². The number of ether oxygens (including phenoxy) is 2. The van der Waals surface area contributed by atoms with Crippen molar-refractivity contribution in [2.24, 2.45) is 0 Å². The van der Waals surface area contributed by atoms with Crippen LogP contribution in [-0.4, -0.2) is 34.6 Å². The minimum absolute atomic E-state index is 0.189. The van der Waals surface area contributed by atoms with Gasteiger partial charge >= 0.3 is 0 Å². The minimum atomic E-state index is -0.830. The third-order valence-electron chi connectivity index (χ3n) is 4.96. The van der Waals surface area contributed by atoms with Crippen molar-refractivity contribution in [3.63, 3.8) is 0 Å². The van der Waals surface area contributed by atoms with Gasteiger partial charge in [0.05, 0.1) is 33.3 Å². The fourth-order valence-electron chi connectivity index (χ4n) is 2.82. The van der Waals surface area contributed by atoms with Crippen LogP contribution in [0.5, 0.6) is 11.5 Å². The number of aliphatic hydroxyl groups is 2. The van der Waals surface area contributed by atoms with Gasteiger partial charge in [0, 0.05) is 5.41 Å². The van der Waals surface area contributed by atoms with Crippen molar-refractivity contribution < 1.29 is 19.7 Å². The molecule has 0 saturated carbocycles. The predicted octanol–water partition coefficient (Wildman–Crippen LogP) is 6.93. The molecule has 0 unspecified atom stereocenters. The van der Waals surface area contributed by atoms with Crippen molar-refractivity contribution in [1.82, 2.24) is 0 Å². The molecule has 0 atom stereocenters. The summed E-state index contributed by atoms with van der Waals surface area (Å²) in [6, 6.07) is 7.10. The van der Waals surface area contributed by atoms with E-state index >= 15 is 0 Å². The van der Waals surface area contributed by atoms with E-state index in [1.165, 1.54) is 0 Å². The van der Waals surface area contributed by atoms with E-state index < -0.39 is 16.6 Å². The normalized spacial score (nSPS) is 12.8. The standard InChI is InChI=1S/C23H28Cl4O4/c1-21(2,11-28)30-19-15(24)7-13(8-16(19)25)23(5,6)14-9-17(26)20(18(27)10-14)31-22(3,4)12-29/h7-10,28-29H,11-12H2,1-6H3. The number of halogens is 4. The van der Waals surface area contributed by atoms with E-state index in [1.54, 1.807) is 52.0 Å². The quantitative estimate of drug-likeness (QED) is 0.405. The van der Waals surface area contributed by atoms with Gasteiger partial charge in [0.15, 0.2) is 11.5 Å². The highest BCUT2D eigenvalue weighted by Crippen LogP contribution is 2.44. The number of rotatable bonds is 8. The fourth-order valence-corrected chi connectivity index (χ4v) is 3.95. The van der Waals surface area contributed by atoms with E-state index in [0.29, 0.717) is 31.6 Å². The maximum atomic E-state index is 9.47. The molecule has 2 rings (SSSR count). The molecule has 0 fully saturated rings. The van der Waals surface area contributed by atoms with Gasteiger partial charge in [-0.05, 0) is 63.1 Å². The lowest BCUT2D eigenvalue weighted by Gasteiger charge is -2.30. The molecule has 0 heterocycles. The van der Waals surface area contributed by atoms with Gasteiger partial charge in [0.2, 0.25) is 0 Å². The summed E-state index contributed by atoms with van der Waals surface area (Å²) in [7, 11) is 0. The van der Waals surface area contributed by atoms with Crippen molar-refractivity contribution in [1.29, 1.82) is 0 Å². The van der Waals surface area contributed by atoms with Crippen molar-refractivity contribution >= 4 is 46.4 Å². The highest BCUT2D eigenvalue weighted by Gasteiger charge is 2.30. The molecule has 0 amide bonds. The first-order valence-electron chi connectivity index (χ1n) is 9.72. The van der Waals surface area contributed by atoms with E-state index in [1.807, 2.05) is 13.8 Å². The van der Waals surface area contributed by atoms with Gasteiger partial charge < -0.3 is 19.7 Å². The molecule has 31 heavy (non-hydrogen) atoms. The van der Waals surface area contributed by atoms with Gasteiger partial charge in [-0.15, -0.1) is 0 Å². The molecule has 0 aliphatic rings. The summed E-state index contributed by atoms with van der Waals surface area (Å²) in [5, 5.41) is 20.3. The van der Waals surface area contributed by atoms with Crippen LogP contribution in [0.4, 0.5) is 0 Å². The van der Waals surface area contributed by atoms with E-state index in [9.17, 15) is 10.2 Å². The van der Waals surface area contributed by atoms with Crippen LogP contribution in [-0.2, 0) is 5.41 Å². The fraction of sp³-hybridized carbons (Fsp3) is 0.478. The molecular weight excluding hydrogens is 482 g/mol. The third-order valence-corrected chi connectivity index (χ3v) is 6.08. The zero-order valence-corrected chi connectivity index (χ0v) is 21.5. The van der Waals surface area contributed by atoms with E-state index in [0.717, 1.165) is 11.1 Å². The second kappa shape index (κ2) is 9.54. The maximum absolute atomic E-state index is 9.47. The zero-order valence-electron chi connectivity index (χ0n) is 18.4. The first-order valence-corrected chi connectivity index (χ1v) is 11.2. The minimum Gasteiger partial charge on any atom is -0.482 e. The molecule has 0 saturated heterocycles. The largest absolute Gasteiger partial charge is 0.482 e. The summed E-state index contributed by atoms with van der Waals surface area (Å²) >= 11 is 25.9. The number of aliphatic hydroxyl groups excluding tert-OH is 2. The highest BCUT2D eigenvalue weighted by atomic mass is 35.5. The monoisotopic (exact) mass is 508 g/mol. The van der Waals surface area contributed by atoms with Gasteiger partial charge in [-0.2, -0.15) is 0 Å². The van der Waals surface area contributed by atoms with Crippen LogP contribution in [0.15, 0.2) is 24.3 Å². The number of hydrogen-bond donors (Lipinski definition) is 2. The Labute approximate surface area is 204 Å². The zero-order chi connectivity index (χ0) is 23.8. The molecule has 2 N–H and O–H groups in total. The van der Waals surface area contributed by atoms with Crippen molar-refractivity contribution in [2.75, 3.05) is 13.2 Å². The summed E-state index contributed by atoms with van der Waals surface area (Å²) in [4.78, 5) is 0. The highest BCUT2D eigenvalue weighted by molar-refractivity contribution is 6.38. The lowest BCUT2D eigenvalue weighted by atomic mass is 9.78. The summed E-state index contributed by atoms with van der Waals surface area (Å²) in [6.45, 7) is 10.6. The van der Waals surface area contributed by atoms with Gasteiger partial charge in [-0.3, -0.25) is 0 Å². The van der Waals surface area contributed by atoms with Crippen LogP contribution in [0, 0.1) is 0 Å². The molecule has 4 nitrogen and oxygen atoms in total. The Bertz CT molecular complexity index is 833.